The summed E-state index contributed by atoms with van der Waals surface area (Å²) in [7, 11) is 1.66. The third kappa shape index (κ3) is 3.54. The van der Waals surface area contributed by atoms with Crippen LogP contribution in [-0.4, -0.2) is 53.2 Å². The maximum absolute atomic E-state index is 12.5. The maximum Gasteiger partial charge on any atom is 0.291 e. The largest absolute Gasteiger partial charge is 0.491 e. The highest BCUT2D eigenvalue weighted by molar-refractivity contribution is 5.90. The molecule has 1 atom stereocenters. The van der Waals surface area contributed by atoms with E-state index in [0.717, 1.165) is 5.75 Å². The van der Waals surface area contributed by atoms with Gasteiger partial charge in [-0.2, -0.15) is 0 Å². The van der Waals surface area contributed by atoms with Gasteiger partial charge in [-0.1, -0.05) is 17.7 Å². The van der Waals surface area contributed by atoms with Crippen molar-refractivity contribution in [1.82, 2.24) is 14.9 Å². The van der Waals surface area contributed by atoms with E-state index in [1.54, 1.807) is 30.5 Å². The number of hydrogen-bond acceptors (Lipinski definition) is 5. The average molecular weight is 327 g/mol. The monoisotopic (exact) mass is 327 g/mol. The standard InChI is InChI=1S/C18H21N3O3/c1-14-4-6-15(7-5-14)24-13-18(23-2)8-11-21(12-18)17(22)16-19-9-3-10-20-16/h3-7,9-10H,8,11-13H2,1-2H3/t18-/m0/s1. The van der Waals surface area contributed by atoms with Crippen molar-refractivity contribution in [2.24, 2.45) is 0 Å². The van der Waals surface area contributed by atoms with Crippen LogP contribution in [-0.2, 0) is 4.74 Å². The molecule has 1 aliphatic rings. The molecule has 1 aromatic carbocycles. The third-order valence-corrected chi connectivity index (χ3v) is 4.32. The zero-order valence-electron chi connectivity index (χ0n) is 13.9. The molecule has 0 bridgehead atoms. The van der Waals surface area contributed by atoms with E-state index in [-0.39, 0.29) is 11.7 Å². The van der Waals surface area contributed by atoms with Crippen LogP contribution in [0, 0.1) is 6.92 Å². The highest BCUT2D eigenvalue weighted by Gasteiger charge is 2.41. The number of benzene rings is 1. The Hall–Kier alpha value is -2.47. The molecular formula is C18H21N3O3. The van der Waals surface area contributed by atoms with Gasteiger partial charge in [0.25, 0.3) is 5.91 Å². The van der Waals surface area contributed by atoms with E-state index in [1.807, 2.05) is 31.2 Å². The molecule has 0 aliphatic carbocycles. The molecule has 1 fully saturated rings. The number of carbonyl (C=O) groups is 1. The van der Waals surface area contributed by atoms with Gasteiger partial charge in [0.2, 0.25) is 5.82 Å². The molecule has 0 N–H and O–H groups in total. The normalized spacial score (nSPS) is 20.2. The van der Waals surface area contributed by atoms with E-state index >= 15 is 0 Å². The highest BCUT2D eigenvalue weighted by Crippen LogP contribution is 2.27. The Morgan fingerprint density at radius 3 is 2.62 bits per heavy atom. The van der Waals surface area contributed by atoms with Gasteiger partial charge in [-0.15, -0.1) is 0 Å². The lowest BCUT2D eigenvalue weighted by Gasteiger charge is -2.27. The van der Waals surface area contributed by atoms with Gasteiger partial charge in [-0.3, -0.25) is 4.79 Å². The Balaban J connectivity index is 1.64. The summed E-state index contributed by atoms with van der Waals surface area (Å²) in [4.78, 5) is 22.2. The zero-order valence-corrected chi connectivity index (χ0v) is 13.9. The van der Waals surface area contributed by atoms with Crippen molar-refractivity contribution in [2.45, 2.75) is 18.9 Å². The van der Waals surface area contributed by atoms with Gasteiger partial charge >= 0.3 is 0 Å². The molecule has 1 aliphatic heterocycles. The Bertz CT molecular complexity index is 690. The summed E-state index contributed by atoms with van der Waals surface area (Å²) >= 11 is 0. The van der Waals surface area contributed by atoms with E-state index in [1.165, 1.54) is 5.56 Å². The van der Waals surface area contributed by atoms with Crippen LogP contribution in [0.5, 0.6) is 5.75 Å². The van der Waals surface area contributed by atoms with Gasteiger partial charge < -0.3 is 14.4 Å². The van der Waals surface area contributed by atoms with Gasteiger partial charge in [0.1, 0.15) is 18.0 Å². The Morgan fingerprint density at radius 1 is 1.25 bits per heavy atom. The molecule has 6 heteroatoms. The second-order valence-electron chi connectivity index (χ2n) is 6.04. The first-order valence-corrected chi connectivity index (χ1v) is 7.93. The SMILES string of the molecule is CO[C@@]1(COc2ccc(C)cc2)CCN(C(=O)c2ncccn2)C1. The number of aryl methyl sites for hydroxylation is 1. The molecule has 126 valence electrons. The molecule has 0 unspecified atom stereocenters. The quantitative estimate of drug-likeness (QED) is 0.841. The maximum atomic E-state index is 12.5. The Morgan fingerprint density at radius 2 is 1.96 bits per heavy atom. The van der Waals surface area contributed by atoms with E-state index in [9.17, 15) is 4.79 Å². The van der Waals surface area contributed by atoms with Crippen molar-refractivity contribution >= 4 is 5.91 Å². The van der Waals surface area contributed by atoms with E-state index in [0.29, 0.717) is 26.1 Å². The zero-order chi connectivity index (χ0) is 17.0. The first kappa shape index (κ1) is 16.4. The number of rotatable bonds is 5. The number of carbonyl (C=O) groups excluding carboxylic acids is 1. The van der Waals surface area contributed by atoms with Gasteiger partial charge in [0.05, 0.1) is 6.54 Å². The molecule has 1 amide bonds. The van der Waals surface area contributed by atoms with Gasteiger partial charge in [-0.05, 0) is 31.5 Å². The lowest BCUT2D eigenvalue weighted by Crippen LogP contribution is -2.42. The molecule has 2 heterocycles. The summed E-state index contributed by atoms with van der Waals surface area (Å²) in [6.45, 7) is 3.49. The number of aromatic nitrogens is 2. The third-order valence-electron chi connectivity index (χ3n) is 4.32. The average Bonchev–Trinajstić information content (AvgIpc) is 3.06. The predicted molar refractivity (Wildman–Crippen MR) is 89.0 cm³/mol. The van der Waals surface area contributed by atoms with Crippen molar-refractivity contribution in [3.63, 3.8) is 0 Å². The number of amides is 1. The van der Waals surface area contributed by atoms with Gasteiger partial charge in [0, 0.05) is 26.0 Å². The predicted octanol–water partition coefficient (Wildman–Crippen LogP) is 2.10. The fourth-order valence-electron chi connectivity index (χ4n) is 2.76. The number of nitrogens with zero attached hydrogens (tertiary/aromatic N) is 3. The van der Waals surface area contributed by atoms with Crippen LogP contribution in [0.3, 0.4) is 0 Å². The first-order chi connectivity index (χ1) is 11.6. The molecule has 2 aromatic rings. The van der Waals surface area contributed by atoms with Gasteiger partial charge in [0.15, 0.2) is 0 Å². The van der Waals surface area contributed by atoms with E-state index in [2.05, 4.69) is 9.97 Å². The highest BCUT2D eigenvalue weighted by atomic mass is 16.5. The van der Waals surface area contributed by atoms with Crippen molar-refractivity contribution < 1.29 is 14.3 Å². The number of ether oxygens (including phenoxy) is 2. The Labute approximate surface area is 141 Å². The topological polar surface area (TPSA) is 64.6 Å². The van der Waals surface area contributed by atoms with Crippen LogP contribution in [0.25, 0.3) is 0 Å². The summed E-state index contributed by atoms with van der Waals surface area (Å²) in [5.74, 6) is 0.835. The minimum Gasteiger partial charge on any atom is -0.491 e. The van der Waals surface area contributed by atoms with Crippen molar-refractivity contribution in [1.29, 1.82) is 0 Å². The summed E-state index contributed by atoms with van der Waals surface area (Å²) in [6, 6.07) is 9.58. The van der Waals surface area contributed by atoms with Gasteiger partial charge in [-0.25, -0.2) is 9.97 Å². The summed E-state index contributed by atoms with van der Waals surface area (Å²) in [5, 5.41) is 0. The summed E-state index contributed by atoms with van der Waals surface area (Å²) in [6.07, 6.45) is 3.86. The fourth-order valence-corrected chi connectivity index (χ4v) is 2.76. The van der Waals surface area contributed by atoms with E-state index in [4.69, 9.17) is 9.47 Å². The molecule has 0 radical (unpaired) electrons. The van der Waals surface area contributed by atoms with Crippen LogP contribution in [0.4, 0.5) is 0 Å². The van der Waals surface area contributed by atoms with Crippen LogP contribution in [0.15, 0.2) is 42.7 Å². The van der Waals surface area contributed by atoms with Crippen LogP contribution in [0.1, 0.15) is 22.6 Å². The molecule has 1 saturated heterocycles. The molecule has 0 spiro atoms. The molecule has 3 rings (SSSR count). The van der Waals surface area contributed by atoms with Crippen molar-refractivity contribution in [2.75, 3.05) is 26.8 Å². The lowest BCUT2D eigenvalue weighted by molar-refractivity contribution is -0.0343. The summed E-state index contributed by atoms with van der Waals surface area (Å²) < 4.78 is 11.6. The smallest absolute Gasteiger partial charge is 0.291 e. The van der Waals surface area contributed by atoms with Crippen molar-refractivity contribution in [3.8, 4) is 5.75 Å². The second-order valence-corrected chi connectivity index (χ2v) is 6.04. The number of methoxy groups -OCH3 is 1. The van der Waals surface area contributed by atoms with Crippen LogP contribution < -0.4 is 4.74 Å². The minimum absolute atomic E-state index is 0.176. The fraction of sp³-hybridized carbons (Fsp3) is 0.389. The second kappa shape index (κ2) is 6.97. The van der Waals surface area contributed by atoms with Crippen molar-refractivity contribution in [3.05, 3.63) is 54.1 Å². The van der Waals surface area contributed by atoms with Crippen LogP contribution in [0.2, 0.25) is 0 Å². The van der Waals surface area contributed by atoms with E-state index < -0.39 is 5.60 Å². The first-order valence-electron chi connectivity index (χ1n) is 7.93. The molecular weight excluding hydrogens is 306 g/mol. The molecule has 1 aromatic heterocycles. The number of hydrogen-bond donors (Lipinski definition) is 0. The summed E-state index contributed by atoms with van der Waals surface area (Å²) in [5.41, 5.74) is 0.680. The molecule has 6 nitrogen and oxygen atoms in total. The number of likely N-dealkylation sites (tertiary alicyclic amines) is 1. The minimum atomic E-state index is -0.505. The molecule has 0 saturated carbocycles. The Kier molecular flexibility index (Phi) is 4.76. The van der Waals surface area contributed by atoms with Crippen LogP contribution >= 0.6 is 0 Å². The molecule has 24 heavy (non-hydrogen) atoms. The lowest BCUT2D eigenvalue weighted by atomic mass is 10.0.